The molecule has 2 aliphatic carbocycles. The van der Waals surface area contributed by atoms with E-state index in [0.717, 1.165) is 39.0 Å². The summed E-state index contributed by atoms with van der Waals surface area (Å²) in [6.45, 7) is 12.8. The van der Waals surface area contributed by atoms with Gasteiger partial charge in [0.25, 0.3) is 0 Å². The van der Waals surface area contributed by atoms with E-state index in [2.05, 4.69) is 38.6 Å². The third-order valence-corrected chi connectivity index (χ3v) is 5.77. The third kappa shape index (κ3) is 10.7. The van der Waals surface area contributed by atoms with Gasteiger partial charge in [-0.1, -0.05) is 103 Å². The van der Waals surface area contributed by atoms with E-state index in [0.29, 0.717) is 11.5 Å². The maximum Gasteiger partial charge on any atom is 0.172 e. The van der Waals surface area contributed by atoms with Crippen molar-refractivity contribution < 1.29 is 0 Å². The summed E-state index contributed by atoms with van der Waals surface area (Å²) in [6, 6.07) is 11.9. The number of hydrogen-bond donors (Lipinski definition) is 1. The predicted molar refractivity (Wildman–Crippen MR) is 185 cm³/mol. The molecule has 0 saturated heterocycles. The lowest BCUT2D eigenvalue weighted by Gasteiger charge is -2.06. The number of nitrogens with zero attached hydrogens (tertiary/aromatic N) is 5. The molecule has 42 heavy (non-hydrogen) atoms. The molecule has 212 valence electrons. The summed E-state index contributed by atoms with van der Waals surface area (Å²) in [5, 5.41) is 16.2. The summed E-state index contributed by atoms with van der Waals surface area (Å²) in [7, 11) is 1.68. The number of amidine groups is 1. The molecule has 1 aromatic heterocycles. The maximum atomic E-state index is 7.71. The van der Waals surface area contributed by atoms with Gasteiger partial charge in [0.2, 0.25) is 0 Å². The zero-order chi connectivity index (χ0) is 30.6. The van der Waals surface area contributed by atoms with Gasteiger partial charge in [-0.25, -0.2) is 9.98 Å². The standard InChI is InChI=1S/C13H15N.C12H11N3.C11H12N2/c1-3-4-5-8-11(2)12-9-6-7-10-13(12)14;1-13-12(14-2)11-8-7-9-5-3-4-6-10(9)15-11;1-3-4-7-10-8-5-6-9-11(10)13-12-2/h3-10,14H,1-2H3;3-8H,1H2,2H3;3-9H,2H2,1H3/b4-3+,8-5-,12-11+,14-13?;;4-3+,10-7-,13-11-. The molecule has 2 aromatic rings. The van der Waals surface area contributed by atoms with Crippen LogP contribution in [0.3, 0.4) is 0 Å². The van der Waals surface area contributed by atoms with E-state index in [9.17, 15) is 0 Å². The van der Waals surface area contributed by atoms with Crippen LogP contribution < -0.4 is 0 Å². The van der Waals surface area contributed by atoms with Gasteiger partial charge in [0.15, 0.2) is 5.84 Å². The molecule has 2 aliphatic rings. The number of hydrogen-bond acceptors (Lipinski definition) is 5. The zero-order valence-electron chi connectivity index (χ0n) is 24.8. The minimum atomic E-state index is 0.570. The first-order valence-electron chi connectivity index (χ1n) is 13.4. The van der Waals surface area contributed by atoms with Gasteiger partial charge in [-0.15, -0.1) is 0 Å². The van der Waals surface area contributed by atoms with Crippen molar-refractivity contribution in [2.45, 2.75) is 20.8 Å². The first kappa shape index (κ1) is 32.8. The fourth-order valence-electron chi connectivity index (χ4n) is 3.68. The molecule has 0 unspecified atom stereocenters. The van der Waals surface area contributed by atoms with E-state index in [4.69, 9.17) is 5.41 Å². The van der Waals surface area contributed by atoms with Crippen molar-refractivity contribution in [2.24, 2.45) is 20.2 Å². The first-order valence-corrected chi connectivity index (χ1v) is 13.4. The molecule has 0 atom stereocenters. The highest BCUT2D eigenvalue weighted by molar-refractivity contribution is 6.11. The van der Waals surface area contributed by atoms with E-state index in [-0.39, 0.29) is 0 Å². The van der Waals surface area contributed by atoms with Crippen LogP contribution in [-0.2, 0) is 0 Å². The quantitative estimate of drug-likeness (QED) is 0.171. The topological polar surface area (TPSA) is 86.2 Å². The minimum Gasteiger partial charge on any atom is -0.300 e. The summed E-state index contributed by atoms with van der Waals surface area (Å²) < 4.78 is 0. The molecule has 0 saturated carbocycles. The van der Waals surface area contributed by atoms with Gasteiger partial charge in [0, 0.05) is 30.3 Å². The Morgan fingerprint density at radius 1 is 0.857 bits per heavy atom. The number of pyridine rings is 1. The summed E-state index contributed by atoms with van der Waals surface area (Å²) in [5.74, 6) is 0.570. The van der Waals surface area contributed by atoms with E-state index < -0.39 is 0 Å². The van der Waals surface area contributed by atoms with Crippen LogP contribution in [0.4, 0.5) is 0 Å². The van der Waals surface area contributed by atoms with Crippen molar-refractivity contribution in [3.8, 4) is 0 Å². The molecule has 0 radical (unpaired) electrons. The first-order chi connectivity index (χ1) is 20.5. The van der Waals surface area contributed by atoms with Crippen molar-refractivity contribution in [3.63, 3.8) is 0 Å². The van der Waals surface area contributed by atoms with Crippen molar-refractivity contribution in [1.82, 2.24) is 4.98 Å². The van der Waals surface area contributed by atoms with Gasteiger partial charge in [-0.05, 0) is 57.3 Å². The number of aromatic nitrogens is 1. The Hall–Kier alpha value is -5.36. The number of allylic oxidation sites excluding steroid dienone is 18. The summed E-state index contributed by atoms with van der Waals surface area (Å²) >= 11 is 0. The van der Waals surface area contributed by atoms with Crippen molar-refractivity contribution in [3.05, 3.63) is 150 Å². The maximum absolute atomic E-state index is 7.71. The summed E-state index contributed by atoms with van der Waals surface area (Å²) in [4.78, 5) is 12.3. The second kappa shape index (κ2) is 18.8. The van der Waals surface area contributed by atoms with Crippen LogP contribution in [0.15, 0.2) is 164 Å². The third-order valence-electron chi connectivity index (χ3n) is 5.77. The molecule has 1 aromatic carbocycles. The highest BCUT2D eigenvalue weighted by atomic mass is 15.2. The average Bonchev–Trinajstić information content (AvgIpc) is 3.02. The van der Waals surface area contributed by atoms with E-state index in [1.165, 1.54) is 0 Å². The SMILES string of the molecule is C/C=C/C=C\C(C)=C1/C=CC=CC1=N.C=N/N=C1/C=CC=C/C1=C/C=C/C.C=NC(=NC)c1ccc2ccccc2n1. The fraction of sp³-hybridized carbons (Fsp3) is 0.111. The summed E-state index contributed by atoms with van der Waals surface area (Å²) in [5.41, 5.74) is 6.28. The normalized spacial score (nSPS) is 17.6. The molecule has 0 fully saturated rings. The zero-order valence-corrected chi connectivity index (χ0v) is 24.8. The van der Waals surface area contributed by atoms with Gasteiger partial charge in [-0.2, -0.15) is 10.2 Å². The number of rotatable bonds is 5. The second-order valence-electron chi connectivity index (χ2n) is 8.70. The fourth-order valence-corrected chi connectivity index (χ4v) is 3.68. The molecule has 1 heterocycles. The van der Waals surface area contributed by atoms with Gasteiger partial charge in [-0.3, -0.25) is 4.99 Å². The van der Waals surface area contributed by atoms with Gasteiger partial charge in [0.05, 0.1) is 16.9 Å². The van der Waals surface area contributed by atoms with Crippen LogP contribution in [0.5, 0.6) is 0 Å². The van der Waals surface area contributed by atoms with Crippen LogP contribution in [0.25, 0.3) is 10.9 Å². The van der Waals surface area contributed by atoms with E-state index in [1.54, 1.807) is 7.05 Å². The molecule has 6 heteroatoms. The number of aliphatic imine (C=N–C) groups is 2. The number of benzene rings is 1. The Labute approximate surface area is 249 Å². The monoisotopic (exact) mass is 554 g/mol. The highest BCUT2D eigenvalue weighted by Crippen LogP contribution is 2.14. The lowest BCUT2D eigenvalue weighted by atomic mass is 10.00. The van der Waals surface area contributed by atoms with Gasteiger partial charge in [0.1, 0.15) is 5.69 Å². The van der Waals surface area contributed by atoms with E-state index in [1.807, 2.05) is 148 Å². The lowest BCUT2D eigenvalue weighted by molar-refractivity contribution is 1.26. The molecule has 0 aliphatic heterocycles. The smallest absolute Gasteiger partial charge is 0.172 e. The van der Waals surface area contributed by atoms with Crippen LogP contribution in [0, 0.1) is 5.41 Å². The Morgan fingerprint density at radius 2 is 1.57 bits per heavy atom. The van der Waals surface area contributed by atoms with Crippen LogP contribution in [-0.4, -0.2) is 42.7 Å². The van der Waals surface area contributed by atoms with Gasteiger partial charge >= 0.3 is 0 Å². The van der Waals surface area contributed by atoms with Crippen molar-refractivity contribution in [1.29, 1.82) is 5.41 Å². The minimum absolute atomic E-state index is 0.570. The molecule has 0 amide bonds. The Morgan fingerprint density at radius 3 is 2.26 bits per heavy atom. The van der Waals surface area contributed by atoms with Crippen LogP contribution in [0.2, 0.25) is 0 Å². The molecular weight excluding hydrogens is 516 g/mol. The molecule has 0 spiro atoms. The molecule has 0 bridgehead atoms. The van der Waals surface area contributed by atoms with Crippen molar-refractivity contribution in [2.75, 3.05) is 7.05 Å². The summed E-state index contributed by atoms with van der Waals surface area (Å²) in [6.07, 6.45) is 29.3. The van der Waals surface area contributed by atoms with Crippen LogP contribution >= 0.6 is 0 Å². The predicted octanol–water partition coefficient (Wildman–Crippen LogP) is 8.56. The molecular formula is C36H38N6. The largest absolute Gasteiger partial charge is 0.300 e. The molecule has 6 nitrogen and oxygen atoms in total. The average molecular weight is 555 g/mol. The Bertz CT molecular complexity index is 1600. The highest BCUT2D eigenvalue weighted by Gasteiger charge is 2.04. The number of para-hydroxylation sites is 1. The van der Waals surface area contributed by atoms with Gasteiger partial charge < -0.3 is 5.41 Å². The number of fused-ring (bicyclic) bond motifs is 1. The lowest BCUT2D eigenvalue weighted by Crippen LogP contribution is -1.99. The molecule has 1 N–H and O–H groups in total. The van der Waals surface area contributed by atoms with E-state index >= 15 is 0 Å². The Kier molecular flexibility index (Phi) is 14.7. The number of nitrogens with one attached hydrogen (secondary N) is 1. The molecule has 4 rings (SSSR count). The Balaban J connectivity index is 0.000000221. The van der Waals surface area contributed by atoms with Crippen molar-refractivity contribution >= 4 is 41.6 Å². The van der Waals surface area contributed by atoms with Crippen LogP contribution in [0.1, 0.15) is 26.5 Å². The second-order valence-corrected chi connectivity index (χ2v) is 8.70.